The van der Waals surface area contributed by atoms with Crippen molar-refractivity contribution in [2.45, 2.75) is 12.5 Å². The average molecular weight is 417 g/mol. The van der Waals surface area contributed by atoms with E-state index >= 15 is 0 Å². The molecule has 6 nitrogen and oxygen atoms in total. The van der Waals surface area contributed by atoms with Gasteiger partial charge in [-0.3, -0.25) is 9.59 Å². The number of rotatable bonds is 4. The van der Waals surface area contributed by atoms with Crippen LogP contribution in [0.4, 0.5) is 11.4 Å². The lowest BCUT2D eigenvalue weighted by atomic mass is 10.1. The van der Waals surface area contributed by atoms with E-state index in [0.29, 0.717) is 5.69 Å². The van der Waals surface area contributed by atoms with Crippen molar-refractivity contribution in [3.63, 3.8) is 0 Å². The van der Waals surface area contributed by atoms with Crippen LogP contribution in [-0.2, 0) is 9.59 Å². The summed E-state index contributed by atoms with van der Waals surface area (Å²) >= 11 is 0. The van der Waals surface area contributed by atoms with E-state index in [1.807, 2.05) is 60.7 Å². The van der Waals surface area contributed by atoms with Crippen LogP contribution in [0.3, 0.4) is 0 Å². The Morgan fingerprint density at radius 3 is 2.48 bits per heavy atom. The van der Waals surface area contributed by atoms with Gasteiger partial charge in [-0.05, 0) is 23.6 Å². The molecular formula is C25H26N3O3+. The fourth-order valence-electron chi connectivity index (χ4n) is 4.82. The zero-order chi connectivity index (χ0) is 21.4. The number of piperazine rings is 1. The van der Waals surface area contributed by atoms with E-state index in [0.717, 1.165) is 48.4 Å². The molecule has 0 saturated carbocycles. The Kier molecular flexibility index (Phi) is 5.08. The van der Waals surface area contributed by atoms with Gasteiger partial charge in [-0.25, -0.2) is 4.90 Å². The van der Waals surface area contributed by atoms with E-state index in [9.17, 15) is 9.59 Å². The van der Waals surface area contributed by atoms with Gasteiger partial charge in [0.2, 0.25) is 5.91 Å². The van der Waals surface area contributed by atoms with Gasteiger partial charge < -0.3 is 14.5 Å². The summed E-state index contributed by atoms with van der Waals surface area (Å²) in [5.41, 5.74) is 1.83. The standard InChI is InChI=1S/C25H25N3O3/c1-31-20-9-5-8-19(16-20)26-12-14-27(15-13-26)23-17-24(29)28(25(23)30)22-11-4-7-18-6-2-3-10-21(18)22/h2-11,16,23H,12-15,17H2,1H3/p+1/t23-/m0/s1. The quantitative estimate of drug-likeness (QED) is 0.660. The number of fused-ring (bicyclic) bond motifs is 1. The molecule has 2 fully saturated rings. The Bertz CT molecular complexity index is 1130. The van der Waals surface area contributed by atoms with E-state index in [4.69, 9.17) is 4.74 Å². The highest BCUT2D eigenvalue weighted by molar-refractivity contribution is 6.24. The molecule has 0 unspecified atom stereocenters. The molecule has 5 rings (SSSR count). The van der Waals surface area contributed by atoms with E-state index in [2.05, 4.69) is 11.0 Å². The number of imide groups is 1. The summed E-state index contributed by atoms with van der Waals surface area (Å²) < 4.78 is 5.34. The van der Waals surface area contributed by atoms with Crippen LogP contribution >= 0.6 is 0 Å². The smallest absolute Gasteiger partial charge is 0.292 e. The van der Waals surface area contributed by atoms with Crippen LogP contribution in [0.25, 0.3) is 10.8 Å². The van der Waals surface area contributed by atoms with Gasteiger partial charge in [-0.1, -0.05) is 42.5 Å². The Morgan fingerprint density at radius 1 is 0.935 bits per heavy atom. The normalized spacial score (nSPS) is 20.0. The zero-order valence-electron chi connectivity index (χ0n) is 17.6. The molecule has 2 aliphatic rings. The molecule has 2 heterocycles. The second-order valence-corrected chi connectivity index (χ2v) is 8.17. The highest BCUT2D eigenvalue weighted by Gasteiger charge is 2.46. The Labute approximate surface area is 181 Å². The fraction of sp³-hybridized carbons (Fsp3) is 0.280. The SMILES string of the molecule is COc1cccc(N2CC[NH+]([C@H]3CC(=O)N(c4cccc5ccccc45)C3=O)CC2)c1. The lowest BCUT2D eigenvalue weighted by Gasteiger charge is -2.35. The van der Waals surface area contributed by atoms with Crippen molar-refractivity contribution in [3.8, 4) is 5.75 Å². The van der Waals surface area contributed by atoms with Crippen LogP contribution in [0, 0.1) is 0 Å². The molecule has 31 heavy (non-hydrogen) atoms. The number of ether oxygens (including phenoxy) is 1. The second-order valence-electron chi connectivity index (χ2n) is 8.17. The maximum Gasteiger partial charge on any atom is 0.292 e. The van der Waals surface area contributed by atoms with Gasteiger partial charge in [0.05, 0.1) is 45.4 Å². The maximum absolute atomic E-state index is 13.3. The average Bonchev–Trinajstić information content (AvgIpc) is 3.12. The predicted octanol–water partition coefficient (Wildman–Crippen LogP) is 1.89. The molecule has 3 aromatic carbocycles. The molecule has 2 amide bonds. The number of nitrogens with zero attached hydrogens (tertiary/aromatic N) is 2. The molecule has 0 aliphatic carbocycles. The number of anilines is 2. The minimum absolute atomic E-state index is 0.0776. The number of benzene rings is 3. The summed E-state index contributed by atoms with van der Waals surface area (Å²) in [7, 11) is 1.67. The Balaban J connectivity index is 1.32. The van der Waals surface area contributed by atoms with Gasteiger partial charge in [0.15, 0.2) is 6.04 Å². The van der Waals surface area contributed by atoms with Crippen LogP contribution in [0.5, 0.6) is 5.75 Å². The predicted molar refractivity (Wildman–Crippen MR) is 121 cm³/mol. The number of nitrogens with one attached hydrogen (secondary N) is 1. The summed E-state index contributed by atoms with van der Waals surface area (Å²) in [6.07, 6.45) is 0.274. The van der Waals surface area contributed by atoms with Crippen LogP contribution in [0.15, 0.2) is 66.7 Å². The first-order valence-corrected chi connectivity index (χ1v) is 10.7. The van der Waals surface area contributed by atoms with Gasteiger partial charge in [0, 0.05) is 17.1 Å². The molecule has 1 N–H and O–H groups in total. The maximum atomic E-state index is 13.3. The number of hydrogen-bond acceptors (Lipinski definition) is 4. The zero-order valence-corrected chi connectivity index (χ0v) is 17.6. The monoisotopic (exact) mass is 416 g/mol. The lowest BCUT2D eigenvalue weighted by molar-refractivity contribution is -0.915. The second kappa shape index (κ2) is 8.04. The van der Waals surface area contributed by atoms with Crippen molar-refractivity contribution in [2.75, 3.05) is 43.1 Å². The van der Waals surface area contributed by atoms with Crippen molar-refractivity contribution < 1.29 is 19.2 Å². The number of hydrogen-bond donors (Lipinski definition) is 1. The lowest BCUT2D eigenvalue weighted by Crippen LogP contribution is -3.19. The summed E-state index contributed by atoms with van der Waals surface area (Å²) in [6.45, 7) is 3.33. The molecule has 0 spiro atoms. The van der Waals surface area contributed by atoms with Crippen molar-refractivity contribution >= 4 is 34.0 Å². The number of carbonyl (C=O) groups is 2. The minimum Gasteiger partial charge on any atom is -0.497 e. The minimum atomic E-state index is -0.307. The highest BCUT2D eigenvalue weighted by Crippen LogP contribution is 2.30. The van der Waals surface area contributed by atoms with Gasteiger partial charge >= 0.3 is 0 Å². The van der Waals surface area contributed by atoms with Crippen LogP contribution in [0.1, 0.15) is 6.42 Å². The summed E-state index contributed by atoms with van der Waals surface area (Å²) in [6, 6.07) is 21.4. The van der Waals surface area contributed by atoms with Gasteiger partial charge in [-0.15, -0.1) is 0 Å². The molecule has 0 aromatic heterocycles. The first-order chi connectivity index (χ1) is 15.2. The van der Waals surface area contributed by atoms with Crippen LogP contribution in [0.2, 0.25) is 0 Å². The number of carbonyl (C=O) groups excluding carboxylic acids is 2. The van der Waals surface area contributed by atoms with E-state index in [-0.39, 0.29) is 24.3 Å². The van der Waals surface area contributed by atoms with Gasteiger partial charge in [0.25, 0.3) is 5.91 Å². The third kappa shape index (κ3) is 3.53. The number of methoxy groups -OCH3 is 1. The van der Waals surface area contributed by atoms with E-state index in [1.54, 1.807) is 7.11 Å². The first-order valence-electron chi connectivity index (χ1n) is 10.7. The number of amides is 2. The van der Waals surface area contributed by atoms with Crippen molar-refractivity contribution in [1.29, 1.82) is 0 Å². The summed E-state index contributed by atoms with van der Waals surface area (Å²) in [4.78, 5) is 31.2. The molecule has 3 aromatic rings. The molecule has 158 valence electrons. The largest absolute Gasteiger partial charge is 0.497 e. The van der Waals surface area contributed by atoms with Crippen molar-refractivity contribution in [1.82, 2.24) is 0 Å². The van der Waals surface area contributed by atoms with E-state index in [1.165, 1.54) is 9.80 Å². The van der Waals surface area contributed by atoms with Crippen LogP contribution < -0.4 is 19.4 Å². The summed E-state index contributed by atoms with van der Waals surface area (Å²) in [5, 5.41) is 1.97. The molecular weight excluding hydrogens is 390 g/mol. The van der Waals surface area contributed by atoms with Crippen molar-refractivity contribution in [3.05, 3.63) is 66.7 Å². The fourth-order valence-corrected chi connectivity index (χ4v) is 4.82. The third-order valence-electron chi connectivity index (χ3n) is 6.47. The van der Waals surface area contributed by atoms with E-state index < -0.39 is 0 Å². The Hall–Kier alpha value is -3.38. The van der Waals surface area contributed by atoms with Crippen molar-refractivity contribution in [2.24, 2.45) is 0 Å². The van der Waals surface area contributed by atoms with Crippen LogP contribution in [-0.4, -0.2) is 51.1 Å². The molecule has 0 radical (unpaired) electrons. The van der Waals surface area contributed by atoms with Gasteiger partial charge in [-0.2, -0.15) is 0 Å². The Morgan fingerprint density at radius 2 is 1.68 bits per heavy atom. The molecule has 6 heteroatoms. The number of quaternary nitrogens is 1. The molecule has 1 atom stereocenters. The molecule has 2 saturated heterocycles. The topological polar surface area (TPSA) is 54.3 Å². The summed E-state index contributed by atoms with van der Waals surface area (Å²) in [5.74, 6) is 0.662. The van der Waals surface area contributed by atoms with Gasteiger partial charge in [0.1, 0.15) is 5.75 Å². The first kappa shape index (κ1) is 19.6. The molecule has 2 aliphatic heterocycles. The third-order valence-corrected chi connectivity index (χ3v) is 6.47. The molecule has 0 bridgehead atoms. The highest BCUT2D eigenvalue weighted by atomic mass is 16.5.